The molecule has 10 heteroatoms. The van der Waals surface area contributed by atoms with Crippen molar-refractivity contribution in [1.82, 2.24) is 5.32 Å². The van der Waals surface area contributed by atoms with E-state index in [-0.39, 0.29) is 19.0 Å². The van der Waals surface area contributed by atoms with Gasteiger partial charge < -0.3 is 25.6 Å². The number of amides is 1. The highest BCUT2D eigenvalue weighted by atomic mass is 32.1. The Hall–Kier alpha value is -3.27. The molecule has 0 bridgehead atoms. The van der Waals surface area contributed by atoms with Crippen LogP contribution in [-0.4, -0.2) is 42.4 Å². The minimum absolute atomic E-state index is 0.103. The van der Waals surface area contributed by atoms with E-state index in [0.717, 1.165) is 5.56 Å². The quantitative estimate of drug-likeness (QED) is 0.388. The van der Waals surface area contributed by atoms with Gasteiger partial charge in [-0.15, -0.1) is 11.3 Å². The van der Waals surface area contributed by atoms with Gasteiger partial charge in [0.1, 0.15) is 12.4 Å². The fraction of sp³-hybridized carbons (Fsp3) is 0.278. The van der Waals surface area contributed by atoms with Crippen LogP contribution in [0.5, 0.6) is 5.75 Å². The summed E-state index contributed by atoms with van der Waals surface area (Å²) >= 11 is 1.32. The van der Waals surface area contributed by atoms with Gasteiger partial charge in [-0.05, 0) is 29.1 Å². The molecule has 5 N–H and O–H groups in total. The van der Waals surface area contributed by atoms with E-state index in [4.69, 9.17) is 25.7 Å². The number of aliphatic carboxylic acids is 1. The van der Waals surface area contributed by atoms with Gasteiger partial charge in [-0.3, -0.25) is 15.1 Å². The maximum Gasteiger partial charge on any atom is 0.414 e. The number of carbonyl (C=O) groups excluding carboxylic acids is 1. The Labute approximate surface area is 165 Å². The molecule has 3 rings (SSSR count). The number of carboxylic acids is 1. The third-order valence-electron chi connectivity index (χ3n) is 4.05. The predicted molar refractivity (Wildman–Crippen MR) is 104 cm³/mol. The molecular weight excluding hydrogens is 384 g/mol. The number of carboxylic acid groups (broad SMARTS) is 1. The number of nitrogens with two attached hydrogens (primary N) is 1. The van der Waals surface area contributed by atoms with Crippen molar-refractivity contribution < 1.29 is 24.2 Å². The van der Waals surface area contributed by atoms with Crippen molar-refractivity contribution in [3.8, 4) is 5.75 Å². The highest BCUT2D eigenvalue weighted by molar-refractivity contribution is 7.10. The van der Waals surface area contributed by atoms with Crippen LogP contribution < -0.4 is 20.7 Å². The molecule has 9 nitrogen and oxygen atoms in total. The summed E-state index contributed by atoms with van der Waals surface area (Å²) in [5.41, 5.74) is 6.88. The Morgan fingerprint density at radius 3 is 2.82 bits per heavy atom. The predicted octanol–water partition coefficient (Wildman–Crippen LogP) is 1.76. The summed E-state index contributed by atoms with van der Waals surface area (Å²) < 4.78 is 11.0. The Morgan fingerprint density at radius 2 is 2.14 bits per heavy atom. The van der Waals surface area contributed by atoms with Gasteiger partial charge in [0.25, 0.3) is 0 Å². The van der Waals surface area contributed by atoms with E-state index in [1.165, 1.54) is 16.2 Å². The van der Waals surface area contributed by atoms with Crippen molar-refractivity contribution in [2.24, 2.45) is 5.73 Å². The van der Waals surface area contributed by atoms with E-state index in [1.807, 2.05) is 12.1 Å². The molecule has 2 aromatic rings. The van der Waals surface area contributed by atoms with Crippen LogP contribution in [0.4, 0.5) is 10.5 Å². The molecule has 28 heavy (non-hydrogen) atoms. The van der Waals surface area contributed by atoms with Crippen molar-refractivity contribution in [3.63, 3.8) is 0 Å². The van der Waals surface area contributed by atoms with Crippen LogP contribution in [0.2, 0.25) is 0 Å². The molecule has 1 aliphatic heterocycles. The SMILES string of the molecule is N=C(N)NCc1ccc(N2CC(COc3ccsc3CC(=O)O)OC2=O)cc1. The second-order valence-corrected chi connectivity index (χ2v) is 7.14. The second-order valence-electron chi connectivity index (χ2n) is 6.14. The minimum atomic E-state index is -0.923. The highest BCUT2D eigenvalue weighted by Crippen LogP contribution is 2.27. The second kappa shape index (κ2) is 8.61. The van der Waals surface area contributed by atoms with E-state index in [1.54, 1.807) is 23.6 Å². The number of thiophene rings is 1. The summed E-state index contributed by atoms with van der Waals surface area (Å²) in [7, 11) is 0. The average molecular weight is 404 g/mol. The molecule has 1 amide bonds. The number of nitrogens with zero attached hydrogens (tertiary/aromatic N) is 1. The summed E-state index contributed by atoms with van der Waals surface area (Å²) in [4.78, 5) is 25.2. The van der Waals surface area contributed by atoms with Crippen LogP contribution in [0.15, 0.2) is 35.7 Å². The molecule has 1 unspecified atom stereocenters. The Balaban J connectivity index is 1.56. The van der Waals surface area contributed by atoms with Crippen molar-refractivity contribution in [1.29, 1.82) is 5.41 Å². The molecule has 1 saturated heterocycles. The lowest BCUT2D eigenvalue weighted by atomic mass is 10.2. The molecule has 1 aromatic carbocycles. The Morgan fingerprint density at radius 1 is 1.39 bits per heavy atom. The summed E-state index contributed by atoms with van der Waals surface area (Å²) in [6.07, 6.45) is -1.02. The fourth-order valence-corrected chi connectivity index (χ4v) is 3.52. The molecule has 1 fully saturated rings. The van der Waals surface area contributed by atoms with Gasteiger partial charge in [0.2, 0.25) is 0 Å². The lowest BCUT2D eigenvalue weighted by Gasteiger charge is -2.14. The van der Waals surface area contributed by atoms with E-state index in [0.29, 0.717) is 29.4 Å². The van der Waals surface area contributed by atoms with Crippen molar-refractivity contribution in [3.05, 3.63) is 46.2 Å². The molecule has 0 saturated carbocycles. The Kier molecular flexibility index (Phi) is 5.99. The maximum absolute atomic E-state index is 12.2. The molecule has 0 radical (unpaired) electrons. The van der Waals surface area contributed by atoms with Gasteiger partial charge >= 0.3 is 12.1 Å². The number of carbonyl (C=O) groups is 2. The van der Waals surface area contributed by atoms with Gasteiger partial charge in [-0.2, -0.15) is 0 Å². The molecular formula is C18H20N4O5S. The van der Waals surface area contributed by atoms with Crippen molar-refractivity contribution in [2.45, 2.75) is 19.1 Å². The summed E-state index contributed by atoms with van der Waals surface area (Å²) in [5, 5.41) is 20.6. The van der Waals surface area contributed by atoms with Crippen molar-refractivity contribution >= 4 is 35.0 Å². The van der Waals surface area contributed by atoms with Crippen LogP contribution in [0, 0.1) is 5.41 Å². The van der Waals surface area contributed by atoms with Crippen molar-refractivity contribution in [2.75, 3.05) is 18.1 Å². The van der Waals surface area contributed by atoms with E-state index in [2.05, 4.69) is 5.32 Å². The molecule has 1 atom stereocenters. The van der Waals surface area contributed by atoms with E-state index < -0.39 is 18.2 Å². The average Bonchev–Trinajstić information content (AvgIpc) is 3.24. The normalized spacial score (nSPS) is 15.9. The molecule has 0 aliphatic carbocycles. The smallest absolute Gasteiger partial charge is 0.414 e. The lowest BCUT2D eigenvalue weighted by molar-refractivity contribution is -0.136. The van der Waals surface area contributed by atoms with Crippen LogP contribution >= 0.6 is 11.3 Å². The third kappa shape index (κ3) is 4.92. The minimum Gasteiger partial charge on any atom is -0.488 e. The lowest BCUT2D eigenvalue weighted by Crippen LogP contribution is -2.29. The Bertz CT molecular complexity index is 867. The number of hydrogen-bond acceptors (Lipinski definition) is 6. The first kappa shape index (κ1) is 19.5. The maximum atomic E-state index is 12.2. The number of benzene rings is 1. The van der Waals surface area contributed by atoms with Crippen LogP contribution in [-0.2, 0) is 22.5 Å². The molecule has 148 valence electrons. The fourth-order valence-electron chi connectivity index (χ4n) is 2.72. The standard InChI is InChI=1S/C18H20N4O5S/c19-17(20)21-8-11-1-3-12(4-2-11)22-9-13(27-18(22)25)10-26-14-5-6-28-15(14)7-16(23)24/h1-6,13H,7-10H2,(H,23,24)(H4,19,20,21). The first-order chi connectivity index (χ1) is 13.4. The zero-order chi connectivity index (χ0) is 20.1. The number of guanidine groups is 1. The van der Waals surface area contributed by atoms with Gasteiger partial charge in [-0.1, -0.05) is 12.1 Å². The first-order valence-electron chi connectivity index (χ1n) is 8.48. The largest absolute Gasteiger partial charge is 0.488 e. The molecule has 0 spiro atoms. The van der Waals surface area contributed by atoms with Gasteiger partial charge in [0.15, 0.2) is 12.1 Å². The van der Waals surface area contributed by atoms with E-state index in [9.17, 15) is 9.59 Å². The summed E-state index contributed by atoms with van der Waals surface area (Å²) in [5.74, 6) is -0.524. The molecule has 1 aliphatic rings. The number of rotatable bonds is 8. The summed E-state index contributed by atoms with van der Waals surface area (Å²) in [6, 6.07) is 8.99. The number of cyclic esters (lactones) is 1. The zero-order valence-corrected chi connectivity index (χ0v) is 15.7. The van der Waals surface area contributed by atoms with Gasteiger partial charge in [-0.25, -0.2) is 4.79 Å². The monoisotopic (exact) mass is 404 g/mol. The summed E-state index contributed by atoms with van der Waals surface area (Å²) in [6.45, 7) is 0.907. The third-order valence-corrected chi connectivity index (χ3v) is 4.95. The highest BCUT2D eigenvalue weighted by Gasteiger charge is 2.33. The van der Waals surface area contributed by atoms with Crippen LogP contribution in [0.25, 0.3) is 0 Å². The molecule has 1 aromatic heterocycles. The first-order valence-corrected chi connectivity index (χ1v) is 9.36. The van der Waals surface area contributed by atoms with Gasteiger partial charge in [0.05, 0.1) is 17.8 Å². The van der Waals surface area contributed by atoms with Crippen LogP contribution in [0.1, 0.15) is 10.4 Å². The van der Waals surface area contributed by atoms with Gasteiger partial charge in [0, 0.05) is 12.2 Å². The number of nitrogens with one attached hydrogen (secondary N) is 2. The van der Waals surface area contributed by atoms with E-state index >= 15 is 0 Å². The van der Waals surface area contributed by atoms with Crippen LogP contribution in [0.3, 0.4) is 0 Å². The number of ether oxygens (including phenoxy) is 2. The number of hydrogen-bond donors (Lipinski definition) is 4. The number of anilines is 1. The zero-order valence-electron chi connectivity index (χ0n) is 14.9. The molecule has 2 heterocycles. The topological polar surface area (TPSA) is 138 Å².